The summed E-state index contributed by atoms with van der Waals surface area (Å²) in [6.07, 6.45) is 0.348. The molecule has 2 heterocycles. The van der Waals surface area contributed by atoms with Crippen LogP contribution in [0.3, 0.4) is 0 Å². The number of sulfonamides is 1. The minimum absolute atomic E-state index is 0. The van der Waals surface area contributed by atoms with Gasteiger partial charge >= 0.3 is 0 Å². The number of nitrogens with one attached hydrogen (secondary N) is 2. The molecule has 1 atom stereocenters. The first-order valence-corrected chi connectivity index (χ1v) is 10.2. The predicted molar refractivity (Wildman–Crippen MR) is 105 cm³/mol. The van der Waals surface area contributed by atoms with Gasteiger partial charge in [0, 0.05) is 32.6 Å². The first-order valence-electron chi connectivity index (χ1n) is 8.67. The first kappa shape index (κ1) is 21.8. The lowest BCUT2D eigenvalue weighted by Gasteiger charge is -2.30. The van der Waals surface area contributed by atoms with E-state index in [0.717, 1.165) is 30.8 Å². The average Bonchev–Trinajstić information content (AvgIpc) is 3.06. The Morgan fingerprint density at radius 3 is 2.89 bits per heavy atom. The van der Waals surface area contributed by atoms with Gasteiger partial charge in [-0.25, -0.2) is 13.1 Å². The molecule has 0 saturated carbocycles. The van der Waals surface area contributed by atoms with Gasteiger partial charge in [0.25, 0.3) is 0 Å². The summed E-state index contributed by atoms with van der Waals surface area (Å²) in [5.74, 6) is 1.06. The largest absolute Gasteiger partial charge is 0.339 e. The highest BCUT2D eigenvalue weighted by Gasteiger charge is 2.25. The lowest BCUT2D eigenvalue weighted by Crippen LogP contribution is -2.44. The number of halogens is 1. The van der Waals surface area contributed by atoms with Gasteiger partial charge in [-0.05, 0) is 38.1 Å². The molecule has 0 radical (unpaired) electrons. The number of hydrogen-bond acceptors (Lipinski definition) is 7. The van der Waals surface area contributed by atoms with Crippen molar-refractivity contribution in [3.8, 4) is 0 Å². The number of benzene rings is 1. The van der Waals surface area contributed by atoms with Crippen molar-refractivity contribution in [2.24, 2.45) is 0 Å². The maximum Gasteiger partial charge on any atom is 0.240 e. The molecule has 1 saturated heterocycles. The van der Waals surface area contributed by atoms with Gasteiger partial charge in [0.15, 0.2) is 5.82 Å². The van der Waals surface area contributed by atoms with Gasteiger partial charge in [-0.3, -0.25) is 4.90 Å². The van der Waals surface area contributed by atoms with Crippen LogP contribution in [0.5, 0.6) is 0 Å². The van der Waals surface area contributed by atoms with Crippen molar-refractivity contribution >= 4 is 22.4 Å². The van der Waals surface area contributed by atoms with E-state index in [9.17, 15) is 8.42 Å². The molecule has 0 bridgehead atoms. The predicted octanol–water partition coefficient (Wildman–Crippen LogP) is 1.21. The maximum absolute atomic E-state index is 12.5. The van der Waals surface area contributed by atoms with E-state index in [1.807, 2.05) is 26.1 Å². The lowest BCUT2D eigenvalue weighted by molar-refractivity contribution is 0.190. The number of hydrogen-bond donors (Lipinski definition) is 2. The first-order chi connectivity index (χ1) is 12.4. The molecule has 3 rings (SSSR count). The number of nitrogens with zero attached hydrogens (tertiary/aromatic N) is 3. The molecule has 2 N–H and O–H groups in total. The normalized spacial score (nSPS) is 18.3. The van der Waals surface area contributed by atoms with Crippen LogP contribution in [-0.4, -0.2) is 56.7 Å². The third kappa shape index (κ3) is 5.26. The van der Waals surface area contributed by atoms with Crippen molar-refractivity contribution in [1.29, 1.82) is 0 Å². The molecule has 0 spiro atoms. The van der Waals surface area contributed by atoms with Crippen molar-refractivity contribution in [3.63, 3.8) is 0 Å². The second-order valence-corrected chi connectivity index (χ2v) is 8.40. The van der Waals surface area contributed by atoms with E-state index in [1.54, 1.807) is 13.0 Å². The van der Waals surface area contributed by atoms with E-state index in [0.29, 0.717) is 23.0 Å². The molecule has 1 fully saturated rings. The van der Waals surface area contributed by atoms with E-state index in [1.165, 1.54) is 0 Å². The summed E-state index contributed by atoms with van der Waals surface area (Å²) in [7, 11) is -1.54. The quantitative estimate of drug-likeness (QED) is 0.731. The van der Waals surface area contributed by atoms with Crippen LogP contribution < -0.4 is 10.0 Å². The van der Waals surface area contributed by atoms with E-state index in [-0.39, 0.29) is 25.0 Å². The SMILES string of the molecule is Cc1ccc(C)c(S(=O)(=O)NCCc2nc(C3CNCCN3C)no2)c1.Cl. The zero-order valence-electron chi connectivity index (χ0n) is 15.7. The highest BCUT2D eigenvalue weighted by Crippen LogP contribution is 2.18. The Labute approximate surface area is 166 Å². The van der Waals surface area contributed by atoms with Gasteiger partial charge in [-0.1, -0.05) is 17.3 Å². The van der Waals surface area contributed by atoms with E-state index < -0.39 is 10.0 Å². The fourth-order valence-corrected chi connectivity index (χ4v) is 4.33. The number of piperazine rings is 1. The molecular formula is C17H26ClN5O3S. The topological polar surface area (TPSA) is 100 Å². The zero-order chi connectivity index (χ0) is 18.7. The second kappa shape index (κ2) is 9.11. The fourth-order valence-electron chi connectivity index (χ4n) is 2.97. The average molecular weight is 416 g/mol. The van der Waals surface area contributed by atoms with Crippen molar-refractivity contribution in [2.75, 3.05) is 33.2 Å². The minimum atomic E-state index is -3.56. The lowest BCUT2D eigenvalue weighted by atomic mass is 10.2. The monoisotopic (exact) mass is 415 g/mol. The molecule has 1 unspecified atom stereocenters. The Hall–Kier alpha value is -1.52. The van der Waals surface area contributed by atoms with Crippen LogP contribution in [0.2, 0.25) is 0 Å². The summed E-state index contributed by atoms with van der Waals surface area (Å²) >= 11 is 0. The van der Waals surface area contributed by atoms with Gasteiger partial charge in [0.05, 0.1) is 10.9 Å². The highest BCUT2D eigenvalue weighted by atomic mass is 35.5. The highest BCUT2D eigenvalue weighted by molar-refractivity contribution is 7.89. The molecule has 0 amide bonds. The molecule has 8 nitrogen and oxygen atoms in total. The molecule has 27 heavy (non-hydrogen) atoms. The van der Waals surface area contributed by atoms with Crippen LogP contribution in [-0.2, 0) is 16.4 Å². The molecular weight excluding hydrogens is 390 g/mol. The van der Waals surface area contributed by atoms with Gasteiger partial charge in [-0.2, -0.15) is 4.98 Å². The Kier molecular flexibility index (Phi) is 7.35. The van der Waals surface area contributed by atoms with Crippen LogP contribution in [0, 0.1) is 13.8 Å². The van der Waals surface area contributed by atoms with E-state index in [2.05, 4.69) is 25.1 Å². The van der Waals surface area contributed by atoms with Crippen LogP contribution >= 0.6 is 12.4 Å². The van der Waals surface area contributed by atoms with Crippen LogP contribution in [0.4, 0.5) is 0 Å². The molecule has 150 valence electrons. The smallest absolute Gasteiger partial charge is 0.240 e. The molecule has 2 aromatic rings. The third-order valence-electron chi connectivity index (χ3n) is 4.56. The van der Waals surface area contributed by atoms with Crippen molar-refractivity contribution in [1.82, 2.24) is 25.1 Å². The molecule has 0 aliphatic carbocycles. The Balaban J connectivity index is 0.00000261. The summed E-state index contributed by atoms with van der Waals surface area (Å²) in [5, 5.41) is 7.35. The summed E-state index contributed by atoms with van der Waals surface area (Å²) in [5.41, 5.74) is 1.62. The minimum Gasteiger partial charge on any atom is -0.339 e. The number of likely N-dealkylation sites (N-methyl/N-ethyl adjacent to an activating group) is 1. The molecule has 10 heteroatoms. The summed E-state index contributed by atoms with van der Waals surface area (Å²) in [4.78, 5) is 6.89. The number of rotatable bonds is 6. The number of aromatic nitrogens is 2. The molecule has 1 aliphatic heterocycles. The maximum atomic E-state index is 12.5. The summed E-state index contributed by atoms with van der Waals surface area (Å²) in [6, 6.07) is 5.45. The van der Waals surface area contributed by atoms with Gasteiger partial charge < -0.3 is 9.84 Å². The Morgan fingerprint density at radius 2 is 2.15 bits per heavy atom. The van der Waals surface area contributed by atoms with E-state index >= 15 is 0 Å². The summed E-state index contributed by atoms with van der Waals surface area (Å²) in [6.45, 7) is 6.50. The number of aryl methyl sites for hydroxylation is 2. The van der Waals surface area contributed by atoms with Gasteiger partial charge in [-0.15, -0.1) is 12.4 Å². The van der Waals surface area contributed by atoms with Crippen LogP contribution in [0.25, 0.3) is 0 Å². The van der Waals surface area contributed by atoms with E-state index in [4.69, 9.17) is 4.52 Å². The van der Waals surface area contributed by atoms with Gasteiger partial charge in [0.2, 0.25) is 15.9 Å². The Morgan fingerprint density at radius 1 is 1.37 bits per heavy atom. The molecule has 1 aromatic heterocycles. The van der Waals surface area contributed by atoms with Crippen LogP contribution in [0.15, 0.2) is 27.6 Å². The van der Waals surface area contributed by atoms with Crippen molar-refractivity contribution in [2.45, 2.75) is 31.2 Å². The van der Waals surface area contributed by atoms with Crippen molar-refractivity contribution < 1.29 is 12.9 Å². The second-order valence-electron chi connectivity index (χ2n) is 6.66. The molecule has 1 aliphatic rings. The molecule has 1 aromatic carbocycles. The van der Waals surface area contributed by atoms with Crippen LogP contribution in [0.1, 0.15) is 28.9 Å². The zero-order valence-corrected chi connectivity index (χ0v) is 17.4. The standard InChI is InChI=1S/C17H25N5O3S.ClH/c1-12-4-5-13(2)15(10-12)26(23,24)19-7-6-16-20-17(21-25-16)14-11-18-8-9-22(14)3;/h4-5,10,14,18-19H,6-9,11H2,1-3H3;1H. The van der Waals surface area contributed by atoms with Crippen molar-refractivity contribution in [3.05, 3.63) is 41.0 Å². The Bertz CT molecular complexity index is 871. The van der Waals surface area contributed by atoms with Gasteiger partial charge in [0.1, 0.15) is 0 Å². The summed E-state index contributed by atoms with van der Waals surface area (Å²) < 4.78 is 32.9. The third-order valence-corrected chi connectivity index (χ3v) is 6.16. The fraction of sp³-hybridized carbons (Fsp3) is 0.529.